The van der Waals surface area contributed by atoms with Gasteiger partial charge in [-0.25, -0.2) is 4.68 Å². The van der Waals surface area contributed by atoms with Gasteiger partial charge in [0.15, 0.2) is 0 Å². The zero-order valence-electron chi connectivity index (χ0n) is 12.0. The number of nitrogens with zero attached hydrogens (tertiary/aromatic N) is 3. The van der Waals surface area contributed by atoms with E-state index in [9.17, 15) is 9.90 Å². The molecule has 0 unspecified atom stereocenters. The third kappa shape index (κ3) is 3.24. The van der Waals surface area contributed by atoms with Crippen molar-refractivity contribution in [3.8, 4) is 17.0 Å². The van der Waals surface area contributed by atoms with Crippen LogP contribution in [0.1, 0.15) is 5.56 Å². The average Bonchev–Trinajstić information content (AvgIpc) is 2.41. The van der Waals surface area contributed by atoms with E-state index in [1.807, 2.05) is 19.0 Å². The SMILES string of the molecule is Cc1cc(-c2ccc(O)cc2)nn(CCN(C)C)c1=O. The van der Waals surface area contributed by atoms with Gasteiger partial charge in [-0.05, 0) is 51.4 Å². The Morgan fingerprint density at radius 1 is 1.25 bits per heavy atom. The first-order valence-corrected chi connectivity index (χ1v) is 6.50. The lowest BCUT2D eigenvalue weighted by Crippen LogP contribution is -2.30. The Balaban J connectivity index is 2.40. The molecule has 0 aliphatic rings. The molecule has 0 bridgehead atoms. The van der Waals surface area contributed by atoms with Crippen LogP contribution < -0.4 is 5.56 Å². The minimum atomic E-state index is -0.0608. The van der Waals surface area contributed by atoms with Crippen LogP contribution in [0.25, 0.3) is 11.3 Å². The van der Waals surface area contributed by atoms with Gasteiger partial charge < -0.3 is 10.0 Å². The van der Waals surface area contributed by atoms with E-state index in [1.54, 1.807) is 37.3 Å². The van der Waals surface area contributed by atoms with E-state index in [-0.39, 0.29) is 11.3 Å². The molecule has 0 amide bonds. The zero-order chi connectivity index (χ0) is 14.7. The molecule has 20 heavy (non-hydrogen) atoms. The lowest BCUT2D eigenvalue weighted by Gasteiger charge is -2.12. The molecule has 0 aliphatic heterocycles. The first kappa shape index (κ1) is 14.3. The fourth-order valence-corrected chi connectivity index (χ4v) is 1.89. The summed E-state index contributed by atoms with van der Waals surface area (Å²) in [6.07, 6.45) is 0. The van der Waals surface area contributed by atoms with Crippen LogP contribution in [-0.2, 0) is 6.54 Å². The van der Waals surface area contributed by atoms with Gasteiger partial charge >= 0.3 is 0 Å². The number of phenolic OH excluding ortho intramolecular Hbond substituents is 1. The number of rotatable bonds is 4. The van der Waals surface area contributed by atoms with Crippen LogP contribution in [-0.4, -0.2) is 40.4 Å². The smallest absolute Gasteiger partial charge is 0.269 e. The summed E-state index contributed by atoms with van der Waals surface area (Å²) in [5.41, 5.74) is 2.22. The molecule has 5 nitrogen and oxygen atoms in total. The molecular weight excluding hydrogens is 254 g/mol. The molecule has 5 heteroatoms. The van der Waals surface area contributed by atoms with Crippen molar-refractivity contribution in [2.75, 3.05) is 20.6 Å². The van der Waals surface area contributed by atoms with Crippen molar-refractivity contribution in [3.05, 3.63) is 46.2 Å². The number of hydrogen-bond acceptors (Lipinski definition) is 4. The number of phenols is 1. The van der Waals surface area contributed by atoms with Crippen LogP contribution in [0.5, 0.6) is 5.75 Å². The molecule has 0 saturated heterocycles. The topological polar surface area (TPSA) is 58.4 Å². The third-order valence-corrected chi connectivity index (χ3v) is 3.08. The maximum absolute atomic E-state index is 12.1. The summed E-state index contributed by atoms with van der Waals surface area (Å²) >= 11 is 0. The van der Waals surface area contributed by atoms with Gasteiger partial charge in [0.25, 0.3) is 5.56 Å². The summed E-state index contributed by atoms with van der Waals surface area (Å²) in [5, 5.41) is 13.7. The molecule has 1 aromatic carbocycles. The zero-order valence-corrected chi connectivity index (χ0v) is 12.0. The van der Waals surface area contributed by atoms with Crippen LogP contribution in [0.15, 0.2) is 35.1 Å². The molecule has 1 heterocycles. The quantitative estimate of drug-likeness (QED) is 0.917. The minimum Gasteiger partial charge on any atom is -0.508 e. The molecular formula is C15H19N3O2. The fraction of sp³-hybridized carbons (Fsp3) is 0.333. The molecule has 0 radical (unpaired) electrons. The molecule has 0 spiro atoms. The van der Waals surface area contributed by atoms with Gasteiger partial charge in [0.1, 0.15) is 5.75 Å². The Kier molecular flexibility index (Phi) is 4.20. The summed E-state index contributed by atoms with van der Waals surface area (Å²) in [6.45, 7) is 3.10. The van der Waals surface area contributed by atoms with Crippen molar-refractivity contribution in [3.63, 3.8) is 0 Å². The summed E-state index contributed by atoms with van der Waals surface area (Å²) < 4.78 is 1.50. The highest BCUT2D eigenvalue weighted by Crippen LogP contribution is 2.19. The minimum absolute atomic E-state index is 0.0608. The number of aromatic nitrogens is 2. The van der Waals surface area contributed by atoms with Gasteiger partial charge in [-0.2, -0.15) is 5.10 Å². The molecule has 106 valence electrons. The summed E-state index contributed by atoms with van der Waals surface area (Å²) in [5.74, 6) is 0.214. The number of likely N-dealkylation sites (N-methyl/N-ethyl adjacent to an activating group) is 1. The maximum atomic E-state index is 12.1. The van der Waals surface area contributed by atoms with E-state index in [1.165, 1.54) is 4.68 Å². The first-order valence-electron chi connectivity index (χ1n) is 6.50. The number of benzene rings is 1. The predicted octanol–water partition coefficient (Wildman–Crippen LogP) is 1.49. The highest BCUT2D eigenvalue weighted by atomic mass is 16.3. The summed E-state index contributed by atoms with van der Waals surface area (Å²) in [4.78, 5) is 14.1. The molecule has 1 N–H and O–H groups in total. The third-order valence-electron chi connectivity index (χ3n) is 3.08. The van der Waals surface area contributed by atoms with Crippen LogP contribution in [0.3, 0.4) is 0 Å². The lowest BCUT2D eigenvalue weighted by molar-refractivity contribution is 0.367. The maximum Gasteiger partial charge on any atom is 0.269 e. The van der Waals surface area contributed by atoms with Gasteiger partial charge in [0, 0.05) is 17.7 Å². The lowest BCUT2D eigenvalue weighted by atomic mass is 10.1. The number of hydrogen-bond donors (Lipinski definition) is 1. The Morgan fingerprint density at radius 2 is 1.90 bits per heavy atom. The number of aryl methyl sites for hydroxylation is 1. The summed E-state index contributed by atoms with van der Waals surface area (Å²) in [6, 6.07) is 8.58. The van der Waals surface area contributed by atoms with Gasteiger partial charge in [0.2, 0.25) is 0 Å². The van der Waals surface area contributed by atoms with E-state index < -0.39 is 0 Å². The van der Waals surface area contributed by atoms with E-state index in [0.29, 0.717) is 12.1 Å². The normalized spacial score (nSPS) is 11.0. The van der Waals surface area contributed by atoms with E-state index in [0.717, 1.165) is 17.8 Å². The van der Waals surface area contributed by atoms with Gasteiger partial charge in [-0.1, -0.05) is 0 Å². The van der Waals surface area contributed by atoms with Crippen LogP contribution >= 0.6 is 0 Å². The van der Waals surface area contributed by atoms with E-state index in [4.69, 9.17) is 0 Å². The molecule has 2 rings (SSSR count). The van der Waals surface area contributed by atoms with Crippen LogP contribution in [0, 0.1) is 6.92 Å². The second kappa shape index (κ2) is 5.88. The Labute approximate surface area is 118 Å². The second-order valence-electron chi connectivity index (χ2n) is 5.09. The van der Waals surface area contributed by atoms with Crippen molar-refractivity contribution in [1.29, 1.82) is 0 Å². The Hall–Kier alpha value is -2.14. The summed E-state index contributed by atoms with van der Waals surface area (Å²) in [7, 11) is 3.92. The van der Waals surface area contributed by atoms with Gasteiger partial charge in [-0.3, -0.25) is 4.79 Å². The molecule has 0 atom stereocenters. The van der Waals surface area contributed by atoms with Crippen molar-refractivity contribution in [1.82, 2.24) is 14.7 Å². The first-order chi connectivity index (χ1) is 9.47. The van der Waals surface area contributed by atoms with Gasteiger partial charge in [-0.15, -0.1) is 0 Å². The largest absolute Gasteiger partial charge is 0.508 e. The Bertz CT molecular complexity index is 645. The van der Waals surface area contributed by atoms with Crippen LogP contribution in [0.2, 0.25) is 0 Å². The predicted molar refractivity (Wildman–Crippen MR) is 78.9 cm³/mol. The van der Waals surface area contributed by atoms with Crippen LogP contribution in [0.4, 0.5) is 0 Å². The molecule has 2 aromatic rings. The standard InChI is InChI=1S/C15H19N3O2/c1-11-10-14(12-4-6-13(19)7-5-12)16-18(15(11)20)9-8-17(2)3/h4-7,10,19H,8-9H2,1-3H3. The van der Waals surface area contributed by atoms with Crippen molar-refractivity contribution in [2.45, 2.75) is 13.5 Å². The van der Waals surface area contributed by atoms with Gasteiger partial charge in [0.05, 0.1) is 12.2 Å². The average molecular weight is 273 g/mol. The number of aromatic hydroxyl groups is 1. The van der Waals surface area contributed by atoms with E-state index in [2.05, 4.69) is 5.10 Å². The van der Waals surface area contributed by atoms with Crippen molar-refractivity contribution < 1.29 is 5.11 Å². The molecule has 0 saturated carbocycles. The second-order valence-corrected chi connectivity index (χ2v) is 5.09. The highest BCUT2D eigenvalue weighted by Gasteiger charge is 2.07. The molecule has 0 fully saturated rings. The Morgan fingerprint density at radius 3 is 2.50 bits per heavy atom. The monoisotopic (exact) mass is 273 g/mol. The van der Waals surface area contributed by atoms with Crippen molar-refractivity contribution in [2.24, 2.45) is 0 Å². The van der Waals surface area contributed by atoms with Crippen molar-refractivity contribution >= 4 is 0 Å². The van der Waals surface area contributed by atoms with E-state index >= 15 is 0 Å². The fourth-order valence-electron chi connectivity index (χ4n) is 1.89. The highest BCUT2D eigenvalue weighted by molar-refractivity contribution is 5.59. The molecule has 1 aromatic heterocycles. The molecule has 0 aliphatic carbocycles.